The molecule has 1 unspecified atom stereocenters. The first-order chi connectivity index (χ1) is 13.4. The van der Waals surface area contributed by atoms with Crippen molar-refractivity contribution < 1.29 is 5.11 Å². The first-order valence-electron chi connectivity index (χ1n) is 9.29. The molecular weight excluding hydrogens is 480 g/mol. The summed E-state index contributed by atoms with van der Waals surface area (Å²) in [5.74, 6) is 0. The molecule has 5 heteroatoms. The molecule has 0 aliphatic heterocycles. The fraction of sp³-hybridized carbons (Fsp3) is 0.217. The first kappa shape index (κ1) is 19.5. The monoisotopic (exact) mass is 500 g/mol. The molecule has 3 aromatic carbocycles. The van der Waals surface area contributed by atoms with E-state index in [4.69, 9.17) is 0 Å². The lowest BCUT2D eigenvalue weighted by atomic mass is 10.1. The van der Waals surface area contributed by atoms with E-state index in [1.807, 2.05) is 30.3 Å². The summed E-state index contributed by atoms with van der Waals surface area (Å²) in [5, 5.41) is 16.5. The highest BCUT2D eigenvalue weighted by Crippen LogP contribution is 2.37. The molecule has 0 aliphatic rings. The zero-order chi connectivity index (χ0) is 19.8. The summed E-state index contributed by atoms with van der Waals surface area (Å²) >= 11 is 7.27. The molecule has 0 spiro atoms. The molecular formula is C23H22Br2N2O. The molecule has 0 bridgehead atoms. The van der Waals surface area contributed by atoms with Crippen molar-refractivity contribution >= 4 is 59.4 Å². The zero-order valence-electron chi connectivity index (χ0n) is 15.8. The first-order valence-corrected chi connectivity index (χ1v) is 10.9. The molecule has 4 aromatic rings. The van der Waals surface area contributed by atoms with Crippen molar-refractivity contribution in [3.05, 3.63) is 74.7 Å². The summed E-state index contributed by atoms with van der Waals surface area (Å²) in [6, 6.07) is 18.6. The van der Waals surface area contributed by atoms with Gasteiger partial charge in [-0.15, -0.1) is 0 Å². The Bertz CT molecular complexity index is 1090. The van der Waals surface area contributed by atoms with E-state index < -0.39 is 6.10 Å². The van der Waals surface area contributed by atoms with E-state index in [9.17, 15) is 5.11 Å². The average Bonchev–Trinajstić information content (AvgIpc) is 2.94. The SMILES string of the molecule is Cc1cc(Br)cc2c3cc(Br)cc(C)c3n(CC(O)CNc3ccccc3)c12. The Morgan fingerprint density at radius 1 is 0.893 bits per heavy atom. The number of aromatic nitrogens is 1. The maximum atomic E-state index is 10.8. The number of nitrogens with one attached hydrogen (secondary N) is 1. The molecule has 4 rings (SSSR count). The summed E-state index contributed by atoms with van der Waals surface area (Å²) in [6.07, 6.45) is -0.509. The van der Waals surface area contributed by atoms with Crippen molar-refractivity contribution in [3.63, 3.8) is 0 Å². The van der Waals surface area contributed by atoms with Gasteiger partial charge in [-0.25, -0.2) is 0 Å². The third-order valence-electron chi connectivity index (χ3n) is 5.07. The number of rotatable bonds is 5. The summed E-state index contributed by atoms with van der Waals surface area (Å²) < 4.78 is 4.41. The van der Waals surface area contributed by atoms with Crippen LogP contribution in [0, 0.1) is 13.8 Å². The summed E-state index contributed by atoms with van der Waals surface area (Å²) in [7, 11) is 0. The summed E-state index contributed by atoms with van der Waals surface area (Å²) in [4.78, 5) is 0. The fourth-order valence-corrected chi connectivity index (χ4v) is 5.10. The number of aryl methyl sites for hydroxylation is 2. The Balaban J connectivity index is 1.76. The van der Waals surface area contributed by atoms with Crippen molar-refractivity contribution in [2.45, 2.75) is 26.5 Å². The van der Waals surface area contributed by atoms with Crippen molar-refractivity contribution in [2.75, 3.05) is 11.9 Å². The smallest absolute Gasteiger partial charge is 0.0891 e. The molecule has 0 amide bonds. The van der Waals surface area contributed by atoms with Crippen LogP contribution in [-0.4, -0.2) is 22.3 Å². The standard InChI is InChI=1S/C23H22Br2N2O/c1-14-8-16(24)10-20-21-11-17(25)9-15(2)23(21)27(22(14)20)13-19(28)12-26-18-6-4-3-5-7-18/h3-11,19,26,28H,12-13H2,1-2H3. The number of fused-ring (bicyclic) bond motifs is 3. The van der Waals surface area contributed by atoms with Gasteiger partial charge in [0.15, 0.2) is 0 Å². The van der Waals surface area contributed by atoms with Crippen molar-refractivity contribution in [1.82, 2.24) is 4.57 Å². The Morgan fingerprint density at radius 2 is 1.43 bits per heavy atom. The Morgan fingerprint density at radius 3 is 1.96 bits per heavy atom. The van der Waals surface area contributed by atoms with E-state index in [1.54, 1.807) is 0 Å². The number of nitrogens with zero attached hydrogens (tertiary/aromatic N) is 1. The van der Waals surface area contributed by atoms with Gasteiger partial charge in [0.05, 0.1) is 23.7 Å². The Labute approximate surface area is 181 Å². The predicted molar refractivity (Wildman–Crippen MR) is 125 cm³/mol. The highest BCUT2D eigenvalue weighted by atomic mass is 79.9. The molecule has 1 heterocycles. The Hall–Kier alpha value is -1.82. The number of anilines is 1. The molecule has 28 heavy (non-hydrogen) atoms. The highest BCUT2D eigenvalue weighted by molar-refractivity contribution is 9.10. The lowest BCUT2D eigenvalue weighted by Gasteiger charge is -2.17. The van der Waals surface area contributed by atoms with Gasteiger partial charge in [-0.05, 0) is 61.4 Å². The summed E-state index contributed by atoms with van der Waals surface area (Å²) in [5.41, 5.74) is 5.76. The van der Waals surface area contributed by atoms with E-state index >= 15 is 0 Å². The van der Waals surface area contributed by atoms with Gasteiger partial charge in [0.1, 0.15) is 0 Å². The van der Waals surface area contributed by atoms with Crippen LogP contribution in [-0.2, 0) is 6.54 Å². The van der Waals surface area contributed by atoms with Crippen LogP contribution in [0.15, 0.2) is 63.5 Å². The number of aliphatic hydroxyl groups excluding tert-OH is 1. The molecule has 1 atom stereocenters. The van der Waals surface area contributed by atoms with Crippen LogP contribution >= 0.6 is 31.9 Å². The van der Waals surface area contributed by atoms with Gasteiger partial charge >= 0.3 is 0 Å². The molecule has 1 aromatic heterocycles. The van der Waals surface area contributed by atoms with Gasteiger partial charge in [-0.3, -0.25) is 0 Å². The highest BCUT2D eigenvalue weighted by Gasteiger charge is 2.18. The normalized spacial score (nSPS) is 12.6. The number of halogens is 2. The second kappa shape index (κ2) is 7.90. The summed E-state index contributed by atoms with van der Waals surface area (Å²) in [6.45, 7) is 5.28. The second-order valence-electron chi connectivity index (χ2n) is 7.25. The van der Waals surface area contributed by atoms with E-state index in [0.717, 1.165) is 14.6 Å². The predicted octanol–water partition coefficient (Wildman–Crippen LogP) is 6.41. The van der Waals surface area contributed by atoms with Crippen LogP contribution in [0.5, 0.6) is 0 Å². The number of hydrogen-bond acceptors (Lipinski definition) is 2. The van der Waals surface area contributed by atoms with E-state index in [2.05, 4.69) is 79.9 Å². The van der Waals surface area contributed by atoms with Crippen molar-refractivity contribution in [3.8, 4) is 0 Å². The third-order valence-corrected chi connectivity index (χ3v) is 5.99. The lowest BCUT2D eigenvalue weighted by Crippen LogP contribution is -2.25. The van der Waals surface area contributed by atoms with E-state index in [0.29, 0.717) is 13.1 Å². The fourth-order valence-electron chi connectivity index (χ4n) is 3.96. The van der Waals surface area contributed by atoms with Crippen molar-refractivity contribution in [2.24, 2.45) is 0 Å². The topological polar surface area (TPSA) is 37.2 Å². The van der Waals surface area contributed by atoms with Crippen LogP contribution < -0.4 is 5.32 Å². The maximum Gasteiger partial charge on any atom is 0.0891 e. The molecule has 0 saturated carbocycles. The molecule has 144 valence electrons. The molecule has 0 fully saturated rings. The van der Waals surface area contributed by atoms with Gasteiger partial charge in [-0.1, -0.05) is 50.1 Å². The van der Waals surface area contributed by atoms with Crippen molar-refractivity contribution in [1.29, 1.82) is 0 Å². The lowest BCUT2D eigenvalue weighted by molar-refractivity contribution is 0.169. The van der Waals surface area contributed by atoms with Crippen LogP contribution in [0.2, 0.25) is 0 Å². The van der Waals surface area contributed by atoms with Crippen LogP contribution in [0.4, 0.5) is 5.69 Å². The minimum Gasteiger partial charge on any atom is -0.389 e. The van der Waals surface area contributed by atoms with Gasteiger partial charge in [0.2, 0.25) is 0 Å². The average molecular weight is 502 g/mol. The number of aliphatic hydroxyl groups is 1. The minimum atomic E-state index is -0.509. The molecule has 2 N–H and O–H groups in total. The van der Waals surface area contributed by atoms with Crippen LogP contribution in [0.3, 0.4) is 0 Å². The third kappa shape index (κ3) is 3.71. The number of hydrogen-bond donors (Lipinski definition) is 2. The van der Waals surface area contributed by atoms with Gasteiger partial charge in [-0.2, -0.15) is 0 Å². The van der Waals surface area contributed by atoms with Gasteiger partial charge in [0.25, 0.3) is 0 Å². The quantitative estimate of drug-likeness (QED) is 0.331. The minimum absolute atomic E-state index is 0.496. The van der Waals surface area contributed by atoms with Gasteiger partial charge < -0.3 is 15.0 Å². The van der Waals surface area contributed by atoms with E-state index in [1.165, 1.54) is 32.9 Å². The Kier molecular flexibility index (Phi) is 5.50. The van der Waals surface area contributed by atoms with Crippen LogP contribution in [0.1, 0.15) is 11.1 Å². The molecule has 0 aliphatic carbocycles. The number of para-hydroxylation sites is 1. The molecule has 3 nitrogen and oxygen atoms in total. The van der Waals surface area contributed by atoms with Gasteiger partial charge in [0, 0.05) is 32.0 Å². The maximum absolute atomic E-state index is 10.8. The molecule has 0 radical (unpaired) electrons. The molecule has 0 saturated heterocycles. The zero-order valence-corrected chi connectivity index (χ0v) is 19.0. The largest absolute Gasteiger partial charge is 0.389 e. The second-order valence-corrected chi connectivity index (χ2v) is 9.08. The van der Waals surface area contributed by atoms with E-state index in [-0.39, 0.29) is 0 Å². The number of benzene rings is 3. The van der Waals surface area contributed by atoms with Crippen LogP contribution in [0.25, 0.3) is 21.8 Å².